The van der Waals surface area contributed by atoms with Gasteiger partial charge in [-0.15, -0.1) is 0 Å². The third-order valence-electron chi connectivity index (χ3n) is 4.11. The number of furan rings is 1. The Hall–Kier alpha value is -2.48. The van der Waals surface area contributed by atoms with E-state index in [9.17, 15) is 0 Å². The number of hydrogen-bond acceptors (Lipinski definition) is 1. The van der Waals surface area contributed by atoms with E-state index in [1.165, 1.54) is 32.8 Å². The van der Waals surface area contributed by atoms with Crippen molar-refractivity contribution in [2.75, 3.05) is 0 Å². The lowest BCUT2D eigenvalue weighted by Crippen LogP contribution is -2.20. The molecule has 1 aromatic heterocycles. The Morgan fingerprint density at radius 2 is 1.50 bits per heavy atom. The van der Waals surface area contributed by atoms with E-state index in [0.29, 0.717) is 0 Å². The molecule has 3 aromatic carbocycles. The van der Waals surface area contributed by atoms with Crippen molar-refractivity contribution in [3.8, 4) is 11.1 Å². The van der Waals surface area contributed by atoms with Crippen LogP contribution in [0.5, 0.6) is 0 Å². The van der Waals surface area contributed by atoms with Crippen LogP contribution >= 0.6 is 0 Å². The molecule has 0 amide bonds. The van der Waals surface area contributed by atoms with Crippen LogP contribution in [-0.2, 0) is 0 Å². The highest BCUT2D eigenvalue weighted by Crippen LogP contribution is 2.31. The lowest BCUT2D eigenvalue weighted by Gasteiger charge is -2.01. The first-order chi connectivity index (χ1) is 9.90. The molecule has 20 heavy (non-hydrogen) atoms. The molecule has 0 aliphatic carbocycles. The summed E-state index contributed by atoms with van der Waals surface area (Å²) >= 11 is 0. The van der Waals surface area contributed by atoms with Crippen molar-refractivity contribution in [3.63, 3.8) is 0 Å². The minimum absolute atomic E-state index is 0.958. The molecule has 0 unspecified atom stereocenters. The Morgan fingerprint density at radius 1 is 0.650 bits per heavy atom. The zero-order chi connectivity index (χ0) is 13.1. The minimum atomic E-state index is 0.958. The largest absolute Gasteiger partial charge is 0.456 e. The number of rotatable bonds is 0. The number of para-hydroxylation sites is 1. The van der Waals surface area contributed by atoms with Crippen LogP contribution in [0.1, 0.15) is 0 Å². The quantitative estimate of drug-likeness (QED) is 0.386. The molecular weight excluding hydrogens is 243 g/mol. The van der Waals surface area contributed by atoms with Crippen molar-refractivity contribution in [2.45, 2.75) is 0 Å². The lowest BCUT2D eigenvalue weighted by molar-refractivity contribution is 0.669. The summed E-state index contributed by atoms with van der Waals surface area (Å²) in [5, 5.41) is 2.39. The average molecular weight is 253 g/mol. The molecular formula is C18H10BO. The van der Waals surface area contributed by atoms with Gasteiger partial charge in [-0.05, 0) is 23.3 Å². The third-order valence-corrected chi connectivity index (χ3v) is 4.11. The summed E-state index contributed by atoms with van der Waals surface area (Å²) in [7, 11) is 2.26. The standard InChI is InChI=1S/C18H10BO/c1-3-7-15-11(5-1)13-10-18-14(9-16(13)19-15)12-6-2-4-8-17(12)20-18/h1-10H. The van der Waals surface area contributed by atoms with Crippen molar-refractivity contribution in [1.29, 1.82) is 0 Å². The summed E-state index contributed by atoms with van der Waals surface area (Å²) in [4.78, 5) is 0. The van der Waals surface area contributed by atoms with Gasteiger partial charge in [-0.1, -0.05) is 59.5 Å². The molecule has 0 saturated heterocycles. The fourth-order valence-electron chi connectivity index (χ4n) is 3.18. The predicted octanol–water partition coefficient (Wildman–Crippen LogP) is 3.22. The Balaban J connectivity index is 1.90. The molecule has 2 heteroatoms. The minimum Gasteiger partial charge on any atom is -0.456 e. The molecule has 0 saturated carbocycles. The lowest BCUT2D eigenvalue weighted by atomic mass is 9.68. The molecule has 0 spiro atoms. The van der Waals surface area contributed by atoms with E-state index < -0.39 is 0 Å². The van der Waals surface area contributed by atoms with E-state index >= 15 is 0 Å². The van der Waals surface area contributed by atoms with Gasteiger partial charge in [0.2, 0.25) is 0 Å². The maximum absolute atomic E-state index is 5.98. The van der Waals surface area contributed by atoms with Crippen molar-refractivity contribution in [3.05, 3.63) is 60.7 Å². The van der Waals surface area contributed by atoms with Crippen LogP contribution < -0.4 is 10.9 Å². The molecule has 0 fully saturated rings. The van der Waals surface area contributed by atoms with Gasteiger partial charge >= 0.3 is 0 Å². The van der Waals surface area contributed by atoms with Crippen LogP contribution in [0.2, 0.25) is 0 Å². The highest BCUT2D eigenvalue weighted by Gasteiger charge is 2.21. The van der Waals surface area contributed by atoms with Gasteiger partial charge in [0.1, 0.15) is 11.2 Å². The predicted molar refractivity (Wildman–Crippen MR) is 84.2 cm³/mol. The van der Waals surface area contributed by atoms with Crippen LogP contribution in [0, 0.1) is 0 Å². The van der Waals surface area contributed by atoms with Crippen LogP contribution in [0.25, 0.3) is 33.1 Å². The summed E-state index contributed by atoms with van der Waals surface area (Å²) in [6, 6.07) is 21.1. The molecule has 1 nitrogen and oxygen atoms in total. The smallest absolute Gasteiger partial charge is 0.193 e. The molecule has 1 aliphatic heterocycles. The van der Waals surface area contributed by atoms with Gasteiger partial charge in [0.15, 0.2) is 7.28 Å². The molecule has 0 bridgehead atoms. The third kappa shape index (κ3) is 1.23. The monoisotopic (exact) mass is 253 g/mol. The number of fused-ring (bicyclic) bond motifs is 6. The molecule has 2 heterocycles. The Labute approximate surface area is 117 Å². The highest BCUT2D eigenvalue weighted by atomic mass is 16.3. The van der Waals surface area contributed by atoms with Gasteiger partial charge < -0.3 is 4.42 Å². The first-order valence-corrected chi connectivity index (χ1v) is 6.79. The zero-order valence-corrected chi connectivity index (χ0v) is 10.8. The van der Waals surface area contributed by atoms with Crippen molar-refractivity contribution in [2.24, 2.45) is 0 Å². The Bertz CT molecular complexity index is 981. The van der Waals surface area contributed by atoms with Gasteiger partial charge in [0.05, 0.1) is 0 Å². The summed E-state index contributed by atoms with van der Waals surface area (Å²) in [6.45, 7) is 0. The fourth-order valence-corrected chi connectivity index (χ4v) is 3.18. The summed E-state index contributed by atoms with van der Waals surface area (Å²) in [5.74, 6) is 0. The van der Waals surface area contributed by atoms with E-state index in [2.05, 4.69) is 55.8 Å². The van der Waals surface area contributed by atoms with E-state index in [0.717, 1.165) is 11.2 Å². The van der Waals surface area contributed by atoms with Gasteiger partial charge in [0.25, 0.3) is 0 Å². The molecule has 4 aromatic rings. The maximum atomic E-state index is 5.98. The normalized spacial score (nSPS) is 12.4. The summed E-state index contributed by atoms with van der Waals surface area (Å²) < 4.78 is 5.98. The molecule has 1 aliphatic rings. The first-order valence-electron chi connectivity index (χ1n) is 6.79. The van der Waals surface area contributed by atoms with Crippen LogP contribution in [0.15, 0.2) is 65.1 Å². The second-order valence-electron chi connectivity index (χ2n) is 5.27. The van der Waals surface area contributed by atoms with Crippen LogP contribution in [0.3, 0.4) is 0 Å². The van der Waals surface area contributed by atoms with Gasteiger partial charge in [-0.2, -0.15) is 0 Å². The first kappa shape index (κ1) is 10.3. The Kier molecular flexibility index (Phi) is 1.83. The Morgan fingerprint density at radius 3 is 2.50 bits per heavy atom. The van der Waals surface area contributed by atoms with Crippen molar-refractivity contribution in [1.82, 2.24) is 0 Å². The van der Waals surface area contributed by atoms with Gasteiger partial charge in [-0.25, -0.2) is 0 Å². The van der Waals surface area contributed by atoms with Crippen molar-refractivity contribution >= 4 is 40.1 Å². The average Bonchev–Trinajstić information content (AvgIpc) is 3.02. The van der Waals surface area contributed by atoms with Crippen LogP contribution in [-0.4, -0.2) is 7.28 Å². The molecule has 0 atom stereocenters. The van der Waals surface area contributed by atoms with Gasteiger partial charge in [0, 0.05) is 10.8 Å². The highest BCUT2D eigenvalue weighted by molar-refractivity contribution is 6.73. The van der Waals surface area contributed by atoms with Crippen molar-refractivity contribution < 1.29 is 4.42 Å². The summed E-state index contributed by atoms with van der Waals surface area (Å²) in [5.41, 5.74) is 7.07. The molecule has 5 rings (SSSR count). The van der Waals surface area contributed by atoms with E-state index in [1.807, 2.05) is 12.1 Å². The molecule has 91 valence electrons. The SMILES string of the molecule is [B]1c2ccccc2-c2cc3oc4ccccc4c3cc21. The van der Waals surface area contributed by atoms with Gasteiger partial charge in [-0.3, -0.25) is 0 Å². The van der Waals surface area contributed by atoms with E-state index in [-0.39, 0.29) is 0 Å². The van der Waals surface area contributed by atoms with E-state index in [1.54, 1.807) is 0 Å². The molecule has 1 radical (unpaired) electrons. The molecule has 0 N–H and O–H groups in total. The maximum Gasteiger partial charge on any atom is 0.193 e. The second kappa shape index (κ2) is 3.54. The summed E-state index contributed by atoms with van der Waals surface area (Å²) in [6.07, 6.45) is 0. The fraction of sp³-hybridized carbons (Fsp3) is 0. The topological polar surface area (TPSA) is 13.1 Å². The van der Waals surface area contributed by atoms with E-state index in [4.69, 9.17) is 4.42 Å². The second-order valence-corrected chi connectivity index (χ2v) is 5.27. The number of hydrogen-bond donors (Lipinski definition) is 0. The zero-order valence-electron chi connectivity index (χ0n) is 10.8. The number of benzene rings is 3. The van der Waals surface area contributed by atoms with Crippen LogP contribution in [0.4, 0.5) is 0 Å².